The van der Waals surface area contributed by atoms with Gasteiger partial charge in [0, 0.05) is 17.6 Å². The van der Waals surface area contributed by atoms with Crippen LogP contribution in [-0.4, -0.2) is 43.8 Å². The van der Waals surface area contributed by atoms with E-state index in [1.54, 1.807) is 37.3 Å². The van der Waals surface area contributed by atoms with Crippen LogP contribution in [0.15, 0.2) is 77.7 Å². The summed E-state index contributed by atoms with van der Waals surface area (Å²) in [6.45, 7) is 4.06. The Labute approximate surface area is 253 Å². The number of amides is 2. The second kappa shape index (κ2) is 13.8. The van der Waals surface area contributed by atoms with Crippen molar-refractivity contribution < 1.29 is 31.2 Å². The van der Waals surface area contributed by atoms with Gasteiger partial charge in [-0.25, -0.2) is 8.42 Å². The van der Waals surface area contributed by atoms with Crippen LogP contribution in [0.3, 0.4) is 0 Å². The van der Waals surface area contributed by atoms with Crippen molar-refractivity contribution in [3.63, 3.8) is 0 Å². The molecule has 1 N–H and O–H groups in total. The summed E-state index contributed by atoms with van der Waals surface area (Å²) >= 11 is 12.4. The first-order chi connectivity index (χ1) is 19.6. The molecule has 0 radical (unpaired) electrons. The van der Waals surface area contributed by atoms with Gasteiger partial charge in [0.25, 0.3) is 10.0 Å². The van der Waals surface area contributed by atoms with Gasteiger partial charge in [-0.15, -0.1) is 0 Å². The van der Waals surface area contributed by atoms with Crippen LogP contribution in [-0.2, 0) is 32.3 Å². The number of carbonyl (C=O) groups excluding carboxylic acids is 2. The summed E-state index contributed by atoms with van der Waals surface area (Å²) in [6.07, 6.45) is -4.19. The van der Waals surface area contributed by atoms with E-state index in [0.29, 0.717) is 33.4 Å². The highest BCUT2D eigenvalue weighted by molar-refractivity contribution is 7.92. The van der Waals surface area contributed by atoms with E-state index in [4.69, 9.17) is 23.2 Å². The summed E-state index contributed by atoms with van der Waals surface area (Å²) in [5.74, 6) is -1.34. The van der Waals surface area contributed by atoms with E-state index in [0.717, 1.165) is 11.0 Å². The largest absolute Gasteiger partial charge is 0.416 e. The smallest absolute Gasteiger partial charge is 0.352 e. The van der Waals surface area contributed by atoms with Crippen molar-refractivity contribution in [3.05, 3.63) is 94.0 Å². The number of sulfonamides is 1. The minimum atomic E-state index is -4.81. The first-order valence-corrected chi connectivity index (χ1v) is 15.1. The number of nitrogens with zero attached hydrogens (tertiary/aromatic N) is 2. The molecule has 3 rings (SSSR count). The average molecular weight is 645 g/mol. The average Bonchev–Trinajstić information content (AvgIpc) is 2.94. The van der Waals surface area contributed by atoms with E-state index in [-0.39, 0.29) is 22.5 Å². The van der Waals surface area contributed by atoms with Crippen LogP contribution in [0.2, 0.25) is 10.0 Å². The number of nitrogens with one attached hydrogen (secondary N) is 1. The summed E-state index contributed by atoms with van der Waals surface area (Å²) in [6, 6.07) is 14.4. The van der Waals surface area contributed by atoms with E-state index < -0.39 is 51.9 Å². The molecule has 0 saturated heterocycles. The highest BCUT2D eigenvalue weighted by Crippen LogP contribution is 2.37. The maximum atomic E-state index is 13.9. The predicted octanol–water partition coefficient (Wildman–Crippen LogP) is 6.54. The molecule has 0 aromatic heterocycles. The number of anilines is 1. The number of hydrogen-bond donors (Lipinski definition) is 1. The molecule has 42 heavy (non-hydrogen) atoms. The monoisotopic (exact) mass is 643 g/mol. The molecule has 0 aliphatic rings. The molecule has 0 aliphatic carbocycles. The highest BCUT2D eigenvalue weighted by Gasteiger charge is 2.36. The van der Waals surface area contributed by atoms with Crippen LogP contribution in [0, 0.1) is 0 Å². The molecule has 13 heteroatoms. The lowest BCUT2D eigenvalue weighted by atomic mass is 10.1. The second-order valence-electron chi connectivity index (χ2n) is 9.63. The zero-order chi connectivity index (χ0) is 31.2. The molecule has 0 aliphatic heterocycles. The van der Waals surface area contributed by atoms with E-state index in [1.807, 2.05) is 6.92 Å². The standard InChI is InChI=1S/C29H30Cl2F3N3O4S/c1-4-19(2)35-28(39)20(3)36(17-21-9-8-10-23(30)15-21)27(38)18-37(42(40,41)24-11-6-5-7-12-24)26-16-22(29(32,33)34)13-14-25(26)31/h5-16,19-20H,4,17-18H2,1-3H3,(H,35,39)/t19-,20-/m1/s1. The Hall–Kier alpha value is -3.28. The van der Waals surface area contributed by atoms with Crippen molar-refractivity contribution in [1.82, 2.24) is 10.2 Å². The third-order valence-electron chi connectivity index (χ3n) is 6.56. The summed E-state index contributed by atoms with van der Waals surface area (Å²) in [4.78, 5) is 27.9. The summed E-state index contributed by atoms with van der Waals surface area (Å²) in [5, 5.41) is 2.85. The molecule has 0 unspecified atom stereocenters. The van der Waals surface area contributed by atoms with Gasteiger partial charge in [0.05, 0.1) is 21.2 Å². The fraction of sp³-hybridized carbons (Fsp3) is 0.310. The van der Waals surface area contributed by atoms with Gasteiger partial charge in [-0.2, -0.15) is 13.2 Å². The molecule has 3 aromatic rings. The third-order valence-corrected chi connectivity index (χ3v) is 8.89. The molecule has 226 valence electrons. The van der Waals surface area contributed by atoms with Crippen molar-refractivity contribution in [2.24, 2.45) is 0 Å². The van der Waals surface area contributed by atoms with Gasteiger partial charge in [0.2, 0.25) is 11.8 Å². The lowest BCUT2D eigenvalue weighted by molar-refractivity contribution is -0.139. The first-order valence-electron chi connectivity index (χ1n) is 12.9. The maximum Gasteiger partial charge on any atom is 0.416 e. The molecule has 0 bridgehead atoms. The Balaban J connectivity index is 2.12. The van der Waals surface area contributed by atoms with Crippen LogP contribution in [0.1, 0.15) is 38.3 Å². The minimum Gasteiger partial charge on any atom is -0.352 e. The molecule has 2 atom stereocenters. The Morgan fingerprint density at radius 3 is 2.21 bits per heavy atom. The summed E-state index contributed by atoms with van der Waals surface area (Å²) < 4.78 is 69.1. The molecule has 0 heterocycles. The highest BCUT2D eigenvalue weighted by atomic mass is 35.5. The number of alkyl halides is 3. The number of hydrogen-bond acceptors (Lipinski definition) is 4. The van der Waals surface area contributed by atoms with E-state index in [2.05, 4.69) is 5.32 Å². The van der Waals surface area contributed by atoms with E-state index >= 15 is 0 Å². The van der Waals surface area contributed by atoms with Crippen molar-refractivity contribution in [2.45, 2.75) is 56.9 Å². The van der Waals surface area contributed by atoms with Gasteiger partial charge in [-0.1, -0.05) is 60.5 Å². The third kappa shape index (κ3) is 8.17. The Kier molecular flexibility index (Phi) is 10.9. The Morgan fingerprint density at radius 2 is 1.62 bits per heavy atom. The van der Waals surface area contributed by atoms with Crippen molar-refractivity contribution in [2.75, 3.05) is 10.8 Å². The number of halogens is 5. The SMILES string of the molecule is CC[C@@H](C)NC(=O)[C@@H](C)N(Cc1cccc(Cl)c1)C(=O)CN(c1cc(C(F)(F)F)ccc1Cl)S(=O)(=O)c1ccccc1. The zero-order valence-corrected chi connectivity index (χ0v) is 25.4. The van der Waals surface area contributed by atoms with Crippen molar-refractivity contribution >= 4 is 50.7 Å². The normalized spacial score (nSPS) is 13.2. The fourth-order valence-corrected chi connectivity index (χ4v) is 5.92. The van der Waals surface area contributed by atoms with Gasteiger partial charge < -0.3 is 10.2 Å². The van der Waals surface area contributed by atoms with Crippen LogP contribution in [0.4, 0.5) is 18.9 Å². The van der Waals surface area contributed by atoms with Crippen molar-refractivity contribution in [1.29, 1.82) is 0 Å². The molecule has 7 nitrogen and oxygen atoms in total. The van der Waals surface area contributed by atoms with Gasteiger partial charge >= 0.3 is 6.18 Å². The second-order valence-corrected chi connectivity index (χ2v) is 12.3. The molecular formula is C29H30Cl2F3N3O4S. The first kappa shape index (κ1) is 33.2. The maximum absolute atomic E-state index is 13.9. The van der Waals surface area contributed by atoms with Crippen LogP contribution >= 0.6 is 23.2 Å². The predicted molar refractivity (Wildman–Crippen MR) is 157 cm³/mol. The Morgan fingerprint density at radius 1 is 0.952 bits per heavy atom. The zero-order valence-electron chi connectivity index (χ0n) is 23.0. The molecule has 0 saturated carbocycles. The Bertz CT molecular complexity index is 1520. The van der Waals surface area contributed by atoms with Gasteiger partial charge in [-0.3, -0.25) is 13.9 Å². The van der Waals surface area contributed by atoms with E-state index in [9.17, 15) is 31.2 Å². The van der Waals surface area contributed by atoms with Crippen LogP contribution < -0.4 is 9.62 Å². The van der Waals surface area contributed by atoms with Crippen LogP contribution in [0.5, 0.6) is 0 Å². The summed E-state index contributed by atoms with van der Waals surface area (Å²) in [7, 11) is -4.60. The van der Waals surface area contributed by atoms with E-state index in [1.165, 1.54) is 31.2 Å². The van der Waals surface area contributed by atoms with Crippen LogP contribution in [0.25, 0.3) is 0 Å². The molecule has 3 aromatic carbocycles. The van der Waals surface area contributed by atoms with Gasteiger partial charge in [0.15, 0.2) is 0 Å². The van der Waals surface area contributed by atoms with Gasteiger partial charge in [-0.05, 0) is 68.3 Å². The number of rotatable bonds is 11. The van der Waals surface area contributed by atoms with Crippen molar-refractivity contribution in [3.8, 4) is 0 Å². The summed E-state index contributed by atoms with van der Waals surface area (Å²) in [5.41, 5.74) is -1.14. The number of benzene rings is 3. The lowest BCUT2D eigenvalue weighted by Gasteiger charge is -2.33. The quantitative estimate of drug-likeness (QED) is 0.257. The fourth-order valence-electron chi connectivity index (χ4n) is 3.99. The molecule has 2 amide bonds. The van der Waals surface area contributed by atoms with Gasteiger partial charge in [0.1, 0.15) is 12.6 Å². The lowest BCUT2D eigenvalue weighted by Crippen LogP contribution is -2.52. The topological polar surface area (TPSA) is 86.8 Å². The molecular weight excluding hydrogens is 614 g/mol. The number of carbonyl (C=O) groups is 2. The molecule has 0 spiro atoms. The minimum absolute atomic E-state index is 0.135. The molecule has 0 fully saturated rings.